The summed E-state index contributed by atoms with van der Waals surface area (Å²) in [4.78, 5) is 13.5. The number of amides is 1. The lowest BCUT2D eigenvalue weighted by molar-refractivity contribution is 0.0948. The quantitative estimate of drug-likeness (QED) is 0.698. The van der Waals surface area contributed by atoms with Gasteiger partial charge in [-0.1, -0.05) is 0 Å². The Labute approximate surface area is 125 Å². The van der Waals surface area contributed by atoms with Crippen LogP contribution in [0.4, 0.5) is 5.69 Å². The number of nitrogens with two attached hydrogens (primary N) is 1. The van der Waals surface area contributed by atoms with Gasteiger partial charge in [0.15, 0.2) is 0 Å². The zero-order chi connectivity index (χ0) is 16.0. The zero-order valence-electron chi connectivity index (χ0n) is 12.4. The molecule has 0 unspecified atom stereocenters. The predicted molar refractivity (Wildman–Crippen MR) is 81.0 cm³/mol. The monoisotopic (exact) mass is 315 g/mol. The number of hydrogen-bond acceptors (Lipinski definition) is 5. The summed E-state index contributed by atoms with van der Waals surface area (Å²) in [5.74, 6) is -0.346. The van der Waals surface area contributed by atoms with Crippen molar-refractivity contribution in [2.75, 3.05) is 39.3 Å². The van der Waals surface area contributed by atoms with Crippen molar-refractivity contribution in [2.45, 2.75) is 11.3 Å². The third-order valence-corrected chi connectivity index (χ3v) is 3.76. The van der Waals surface area contributed by atoms with Crippen molar-refractivity contribution >= 4 is 21.6 Å². The van der Waals surface area contributed by atoms with E-state index >= 15 is 0 Å². The molecule has 1 amide bonds. The minimum Gasteiger partial charge on any atom is -0.385 e. The summed E-state index contributed by atoms with van der Waals surface area (Å²) >= 11 is 0. The van der Waals surface area contributed by atoms with Crippen LogP contribution in [0.5, 0.6) is 0 Å². The van der Waals surface area contributed by atoms with Crippen LogP contribution in [0.3, 0.4) is 0 Å². The first-order chi connectivity index (χ1) is 9.77. The molecular formula is C13H21N3O4S. The lowest BCUT2D eigenvalue weighted by atomic mass is 10.2. The molecular weight excluding hydrogens is 294 g/mol. The Morgan fingerprint density at radius 3 is 2.57 bits per heavy atom. The molecule has 1 aromatic carbocycles. The topological polar surface area (TPSA) is 102 Å². The number of methoxy groups -OCH3 is 1. The van der Waals surface area contributed by atoms with E-state index in [0.29, 0.717) is 25.3 Å². The minimum atomic E-state index is -3.91. The number of sulfonamides is 1. The number of primary sulfonamides is 1. The van der Waals surface area contributed by atoms with E-state index in [1.807, 2.05) is 0 Å². The first-order valence-electron chi connectivity index (χ1n) is 6.38. The van der Waals surface area contributed by atoms with Crippen molar-refractivity contribution in [1.82, 2.24) is 5.32 Å². The number of ether oxygens (including phenoxy) is 1. The molecule has 118 valence electrons. The van der Waals surface area contributed by atoms with Gasteiger partial charge in [-0.05, 0) is 24.6 Å². The van der Waals surface area contributed by atoms with Crippen LogP contribution in [0.15, 0.2) is 23.1 Å². The molecule has 0 spiro atoms. The molecule has 0 radical (unpaired) electrons. The van der Waals surface area contributed by atoms with Crippen molar-refractivity contribution < 1.29 is 17.9 Å². The Morgan fingerprint density at radius 2 is 2.05 bits per heavy atom. The van der Waals surface area contributed by atoms with E-state index < -0.39 is 10.0 Å². The van der Waals surface area contributed by atoms with Crippen LogP contribution >= 0.6 is 0 Å². The molecule has 0 aliphatic carbocycles. The first kappa shape index (κ1) is 17.4. The third kappa shape index (κ3) is 5.00. The Kier molecular flexibility index (Phi) is 6.13. The van der Waals surface area contributed by atoms with Gasteiger partial charge < -0.3 is 15.0 Å². The SMILES string of the molecule is COCCCNC(=O)c1ccc(N(C)C)c(S(N)(=O)=O)c1. The van der Waals surface area contributed by atoms with Gasteiger partial charge in [0.2, 0.25) is 10.0 Å². The van der Waals surface area contributed by atoms with E-state index in [2.05, 4.69) is 5.32 Å². The van der Waals surface area contributed by atoms with Gasteiger partial charge in [0.25, 0.3) is 5.91 Å². The van der Waals surface area contributed by atoms with E-state index in [9.17, 15) is 13.2 Å². The molecule has 0 aliphatic rings. The highest BCUT2D eigenvalue weighted by molar-refractivity contribution is 7.89. The third-order valence-electron chi connectivity index (χ3n) is 2.82. The van der Waals surface area contributed by atoms with Gasteiger partial charge in [0, 0.05) is 39.9 Å². The van der Waals surface area contributed by atoms with E-state index in [4.69, 9.17) is 9.88 Å². The second-order valence-electron chi connectivity index (χ2n) is 4.72. The summed E-state index contributed by atoms with van der Waals surface area (Å²) in [6.07, 6.45) is 0.681. The fourth-order valence-electron chi connectivity index (χ4n) is 1.77. The fraction of sp³-hybridized carbons (Fsp3) is 0.462. The molecule has 1 rings (SSSR count). The van der Waals surface area contributed by atoms with E-state index in [0.717, 1.165) is 0 Å². The van der Waals surface area contributed by atoms with Crippen molar-refractivity contribution in [3.8, 4) is 0 Å². The van der Waals surface area contributed by atoms with Crippen molar-refractivity contribution in [2.24, 2.45) is 5.14 Å². The average molecular weight is 315 g/mol. The van der Waals surface area contributed by atoms with Crippen LogP contribution in [0.1, 0.15) is 16.8 Å². The second-order valence-corrected chi connectivity index (χ2v) is 6.25. The number of nitrogens with zero attached hydrogens (tertiary/aromatic N) is 1. The standard InChI is InChI=1S/C13H21N3O4S/c1-16(2)11-6-5-10(9-12(11)21(14,18)19)13(17)15-7-4-8-20-3/h5-6,9H,4,7-8H2,1-3H3,(H,15,17)(H2,14,18,19). The van der Waals surface area contributed by atoms with Gasteiger partial charge in [0.05, 0.1) is 5.69 Å². The average Bonchev–Trinajstić information content (AvgIpc) is 2.41. The number of anilines is 1. The molecule has 0 aromatic heterocycles. The minimum absolute atomic E-state index is 0.0722. The molecule has 0 heterocycles. The van der Waals surface area contributed by atoms with E-state index in [1.165, 1.54) is 6.07 Å². The molecule has 0 saturated heterocycles. The highest BCUT2D eigenvalue weighted by atomic mass is 32.2. The molecule has 0 saturated carbocycles. The summed E-state index contributed by atoms with van der Waals surface area (Å²) in [6.45, 7) is 0.995. The van der Waals surface area contributed by atoms with Crippen LogP contribution in [0, 0.1) is 0 Å². The summed E-state index contributed by atoms with van der Waals surface area (Å²) < 4.78 is 28.2. The van der Waals surface area contributed by atoms with Crippen molar-refractivity contribution in [3.63, 3.8) is 0 Å². The first-order valence-corrected chi connectivity index (χ1v) is 7.93. The second kappa shape index (κ2) is 7.39. The number of hydrogen-bond donors (Lipinski definition) is 2. The van der Waals surface area contributed by atoms with Gasteiger partial charge in [-0.2, -0.15) is 0 Å². The molecule has 0 fully saturated rings. The van der Waals surface area contributed by atoms with E-state index in [1.54, 1.807) is 38.2 Å². The molecule has 0 bridgehead atoms. The number of carbonyl (C=O) groups excluding carboxylic acids is 1. The Hall–Kier alpha value is -1.64. The zero-order valence-corrected chi connectivity index (χ0v) is 13.2. The van der Waals surface area contributed by atoms with Crippen LogP contribution in [-0.2, 0) is 14.8 Å². The summed E-state index contributed by atoms with van der Waals surface area (Å²) in [6, 6.07) is 4.41. The van der Waals surface area contributed by atoms with Crippen molar-refractivity contribution in [1.29, 1.82) is 0 Å². The Morgan fingerprint density at radius 1 is 1.38 bits per heavy atom. The van der Waals surface area contributed by atoms with Gasteiger partial charge in [-0.3, -0.25) is 4.79 Å². The van der Waals surface area contributed by atoms with E-state index in [-0.39, 0.29) is 16.4 Å². The largest absolute Gasteiger partial charge is 0.385 e. The van der Waals surface area contributed by atoms with Gasteiger partial charge >= 0.3 is 0 Å². The number of nitrogens with one attached hydrogen (secondary N) is 1. The summed E-state index contributed by atoms with van der Waals surface area (Å²) in [7, 11) is 1.08. The van der Waals surface area contributed by atoms with Gasteiger partial charge in [-0.15, -0.1) is 0 Å². The maximum Gasteiger partial charge on any atom is 0.251 e. The smallest absolute Gasteiger partial charge is 0.251 e. The lowest BCUT2D eigenvalue weighted by Crippen LogP contribution is -2.26. The molecule has 3 N–H and O–H groups in total. The maximum absolute atomic E-state index is 12.0. The molecule has 7 nitrogen and oxygen atoms in total. The Balaban J connectivity index is 2.98. The molecule has 0 atom stereocenters. The lowest BCUT2D eigenvalue weighted by Gasteiger charge is -2.17. The highest BCUT2D eigenvalue weighted by Crippen LogP contribution is 2.23. The van der Waals surface area contributed by atoms with Gasteiger partial charge in [-0.25, -0.2) is 13.6 Å². The van der Waals surface area contributed by atoms with Crippen molar-refractivity contribution in [3.05, 3.63) is 23.8 Å². The number of benzene rings is 1. The van der Waals surface area contributed by atoms with Crippen LogP contribution < -0.4 is 15.4 Å². The van der Waals surface area contributed by atoms with Gasteiger partial charge in [0.1, 0.15) is 4.90 Å². The van der Waals surface area contributed by atoms with Crippen LogP contribution in [-0.4, -0.2) is 48.7 Å². The fourth-order valence-corrected chi connectivity index (χ4v) is 2.61. The number of rotatable bonds is 7. The maximum atomic E-state index is 12.0. The highest BCUT2D eigenvalue weighted by Gasteiger charge is 2.18. The summed E-state index contributed by atoms with van der Waals surface area (Å²) in [5.41, 5.74) is 0.690. The summed E-state index contributed by atoms with van der Waals surface area (Å²) in [5, 5.41) is 7.89. The van der Waals surface area contributed by atoms with Crippen LogP contribution in [0.2, 0.25) is 0 Å². The molecule has 21 heavy (non-hydrogen) atoms. The Bertz CT molecular complexity index is 599. The normalized spacial score (nSPS) is 11.2. The molecule has 0 aliphatic heterocycles. The molecule has 1 aromatic rings. The molecule has 8 heteroatoms. The van der Waals surface area contributed by atoms with Crippen LogP contribution in [0.25, 0.3) is 0 Å². The number of carbonyl (C=O) groups is 1. The predicted octanol–water partition coefficient (Wildman–Crippen LogP) is 0.166.